The fourth-order valence-electron chi connectivity index (χ4n) is 7.70. The standard InChI is InChI=1S/C36H24N4O5/c41-33(25-13-7-9-21-8-1-2-10-24(21)25)38-37-20-36-28-14-5-3-11-26(28)30(27-12-4-6-15-29(27)36)31-32(36)35(43)39(34(31)42)22-16-18-23(19-17-22)40(44)45/h1-20,30-32H,(H,38,41)/b37-20-/t30?,31-,32+,36?/m1/s1. The zero-order valence-electron chi connectivity index (χ0n) is 23.7. The Labute approximate surface area is 256 Å². The normalized spacial score (nSPS) is 22.8. The van der Waals surface area contributed by atoms with Gasteiger partial charge in [0.05, 0.1) is 27.9 Å². The van der Waals surface area contributed by atoms with Crippen molar-refractivity contribution >= 4 is 46.1 Å². The molecule has 45 heavy (non-hydrogen) atoms. The van der Waals surface area contributed by atoms with E-state index < -0.39 is 34.0 Å². The molecular formula is C36H24N4O5. The molecule has 0 unspecified atom stereocenters. The van der Waals surface area contributed by atoms with E-state index in [9.17, 15) is 24.5 Å². The monoisotopic (exact) mass is 592 g/mol. The van der Waals surface area contributed by atoms with Crippen LogP contribution in [0, 0.1) is 22.0 Å². The second-order valence-electron chi connectivity index (χ2n) is 11.5. The molecule has 1 fully saturated rings. The minimum atomic E-state index is -1.17. The lowest BCUT2D eigenvalue weighted by atomic mass is 9.47. The van der Waals surface area contributed by atoms with E-state index in [4.69, 9.17) is 0 Å². The van der Waals surface area contributed by atoms with E-state index in [2.05, 4.69) is 10.5 Å². The van der Waals surface area contributed by atoms with Crippen LogP contribution >= 0.6 is 0 Å². The molecule has 1 saturated heterocycles. The van der Waals surface area contributed by atoms with Crippen LogP contribution in [0.3, 0.4) is 0 Å². The van der Waals surface area contributed by atoms with Crippen molar-refractivity contribution in [2.45, 2.75) is 11.3 Å². The lowest BCUT2D eigenvalue weighted by Gasteiger charge is -2.52. The Morgan fingerprint density at radius 3 is 2.11 bits per heavy atom. The Morgan fingerprint density at radius 1 is 0.800 bits per heavy atom. The third-order valence-electron chi connectivity index (χ3n) is 9.47. The molecular weight excluding hydrogens is 568 g/mol. The van der Waals surface area contributed by atoms with Gasteiger partial charge in [0.15, 0.2) is 0 Å². The van der Waals surface area contributed by atoms with Crippen LogP contribution in [0.4, 0.5) is 11.4 Å². The van der Waals surface area contributed by atoms with E-state index in [1.54, 1.807) is 12.3 Å². The average Bonchev–Trinajstić information content (AvgIpc) is 3.34. The molecule has 218 valence electrons. The number of nitro groups is 1. The van der Waals surface area contributed by atoms with E-state index in [-0.39, 0.29) is 23.2 Å². The first-order valence-corrected chi connectivity index (χ1v) is 14.5. The molecule has 3 amide bonds. The summed E-state index contributed by atoms with van der Waals surface area (Å²) in [4.78, 5) is 54.1. The number of carbonyl (C=O) groups excluding carboxylic acids is 3. The molecule has 3 aliphatic carbocycles. The minimum absolute atomic E-state index is 0.138. The second-order valence-corrected chi connectivity index (χ2v) is 11.5. The summed E-state index contributed by atoms with van der Waals surface area (Å²) in [6.07, 6.45) is 1.62. The molecule has 9 heteroatoms. The van der Waals surface area contributed by atoms with Gasteiger partial charge in [0.2, 0.25) is 11.8 Å². The zero-order chi connectivity index (χ0) is 30.9. The number of amides is 3. The number of nitrogens with zero attached hydrogens (tertiary/aromatic N) is 3. The van der Waals surface area contributed by atoms with Crippen molar-refractivity contribution in [2.24, 2.45) is 16.9 Å². The van der Waals surface area contributed by atoms with Gasteiger partial charge in [-0.2, -0.15) is 5.10 Å². The largest absolute Gasteiger partial charge is 0.274 e. The minimum Gasteiger partial charge on any atom is -0.274 e. The first-order chi connectivity index (χ1) is 21.9. The number of carbonyl (C=O) groups is 3. The molecule has 9 rings (SSSR count). The van der Waals surface area contributed by atoms with Gasteiger partial charge in [0.1, 0.15) is 0 Å². The van der Waals surface area contributed by atoms with Crippen LogP contribution in [-0.4, -0.2) is 28.9 Å². The van der Waals surface area contributed by atoms with Crippen molar-refractivity contribution in [1.29, 1.82) is 0 Å². The number of non-ortho nitro benzene ring substituents is 1. The van der Waals surface area contributed by atoms with Gasteiger partial charge in [-0.05, 0) is 51.2 Å². The van der Waals surface area contributed by atoms with Gasteiger partial charge in [-0.15, -0.1) is 0 Å². The summed E-state index contributed by atoms with van der Waals surface area (Å²) < 4.78 is 0. The van der Waals surface area contributed by atoms with Crippen LogP contribution in [0.2, 0.25) is 0 Å². The Balaban J connectivity index is 1.27. The molecule has 2 atom stereocenters. The van der Waals surface area contributed by atoms with E-state index in [0.717, 1.165) is 37.9 Å². The van der Waals surface area contributed by atoms with Crippen molar-refractivity contribution in [3.8, 4) is 0 Å². The number of nitro benzene ring substituents is 1. The van der Waals surface area contributed by atoms with Gasteiger partial charge in [-0.3, -0.25) is 24.5 Å². The highest BCUT2D eigenvalue weighted by atomic mass is 16.6. The summed E-state index contributed by atoms with van der Waals surface area (Å²) in [6.45, 7) is 0. The SMILES string of the molecule is O=C(N/N=C\C12c3ccccc3C(c3ccccc31)[C@H]1C(=O)N(c3ccc([N+](=O)[O-])cc3)C(=O)[C@H]12)c1cccc2ccccc12. The highest BCUT2D eigenvalue weighted by Gasteiger charge is 2.68. The molecule has 1 N–H and O–H groups in total. The highest BCUT2D eigenvalue weighted by Crippen LogP contribution is 2.63. The Hall–Kier alpha value is -5.96. The molecule has 4 aliphatic rings. The van der Waals surface area contributed by atoms with Crippen molar-refractivity contribution in [1.82, 2.24) is 5.43 Å². The number of imide groups is 1. The van der Waals surface area contributed by atoms with Gasteiger partial charge < -0.3 is 0 Å². The van der Waals surface area contributed by atoms with Crippen LogP contribution in [0.1, 0.15) is 38.5 Å². The predicted molar refractivity (Wildman–Crippen MR) is 168 cm³/mol. The number of nitrogens with one attached hydrogen (secondary N) is 1. The summed E-state index contributed by atoms with van der Waals surface area (Å²) in [6, 6.07) is 34.0. The van der Waals surface area contributed by atoms with Gasteiger partial charge in [-0.1, -0.05) is 84.9 Å². The second kappa shape index (κ2) is 9.78. The van der Waals surface area contributed by atoms with E-state index >= 15 is 0 Å². The molecule has 1 aliphatic heterocycles. The van der Waals surface area contributed by atoms with E-state index in [1.807, 2.05) is 84.9 Å². The number of benzene rings is 5. The number of hydrogen-bond donors (Lipinski definition) is 1. The predicted octanol–water partition coefficient (Wildman–Crippen LogP) is 5.71. The molecule has 1 heterocycles. The maximum Gasteiger partial charge on any atom is 0.271 e. The van der Waals surface area contributed by atoms with Crippen LogP contribution in [0.25, 0.3) is 10.8 Å². The molecule has 0 saturated carbocycles. The van der Waals surface area contributed by atoms with Crippen LogP contribution in [-0.2, 0) is 15.0 Å². The van der Waals surface area contributed by atoms with Gasteiger partial charge in [-0.25, -0.2) is 10.3 Å². The molecule has 0 aromatic heterocycles. The summed E-state index contributed by atoms with van der Waals surface area (Å²) in [5.74, 6) is -3.15. The topological polar surface area (TPSA) is 122 Å². The number of hydrogen-bond acceptors (Lipinski definition) is 6. The summed E-state index contributed by atoms with van der Waals surface area (Å²) in [5, 5.41) is 17.5. The summed E-state index contributed by atoms with van der Waals surface area (Å²) in [5.41, 5.74) is 5.69. The molecule has 0 radical (unpaired) electrons. The molecule has 5 aromatic carbocycles. The quantitative estimate of drug-likeness (QED) is 0.121. The zero-order valence-corrected chi connectivity index (χ0v) is 23.7. The Bertz CT molecular complexity index is 2070. The first-order valence-electron chi connectivity index (χ1n) is 14.5. The fraction of sp³-hybridized carbons (Fsp3) is 0.111. The summed E-state index contributed by atoms with van der Waals surface area (Å²) in [7, 11) is 0. The third-order valence-corrected chi connectivity index (χ3v) is 9.47. The Morgan fingerprint density at radius 2 is 1.42 bits per heavy atom. The molecule has 5 aromatic rings. The van der Waals surface area contributed by atoms with E-state index in [0.29, 0.717) is 5.56 Å². The van der Waals surface area contributed by atoms with Crippen molar-refractivity contribution in [3.05, 3.63) is 153 Å². The van der Waals surface area contributed by atoms with Crippen molar-refractivity contribution in [2.75, 3.05) is 4.90 Å². The Kier molecular flexibility index (Phi) is 5.79. The van der Waals surface area contributed by atoms with Crippen LogP contribution in [0.5, 0.6) is 0 Å². The van der Waals surface area contributed by atoms with Gasteiger partial charge >= 0.3 is 0 Å². The average molecular weight is 593 g/mol. The highest BCUT2D eigenvalue weighted by molar-refractivity contribution is 6.25. The summed E-state index contributed by atoms with van der Waals surface area (Å²) >= 11 is 0. The molecule has 2 bridgehead atoms. The number of hydrazone groups is 1. The maximum absolute atomic E-state index is 14.5. The van der Waals surface area contributed by atoms with Gasteiger partial charge in [0.25, 0.3) is 11.6 Å². The third kappa shape index (κ3) is 3.67. The molecule has 0 spiro atoms. The first kappa shape index (κ1) is 26.7. The van der Waals surface area contributed by atoms with Crippen LogP contribution in [0.15, 0.2) is 120 Å². The number of anilines is 1. The van der Waals surface area contributed by atoms with Crippen LogP contribution < -0.4 is 10.3 Å². The number of rotatable bonds is 5. The smallest absolute Gasteiger partial charge is 0.271 e. The lowest BCUT2D eigenvalue weighted by Crippen LogP contribution is -2.54. The van der Waals surface area contributed by atoms with E-state index in [1.165, 1.54) is 24.3 Å². The lowest BCUT2D eigenvalue weighted by molar-refractivity contribution is -0.384. The van der Waals surface area contributed by atoms with Crippen molar-refractivity contribution < 1.29 is 19.3 Å². The fourth-order valence-corrected chi connectivity index (χ4v) is 7.70. The van der Waals surface area contributed by atoms with Crippen molar-refractivity contribution in [3.63, 3.8) is 0 Å². The molecule has 9 nitrogen and oxygen atoms in total. The van der Waals surface area contributed by atoms with Gasteiger partial charge in [0, 0.05) is 29.8 Å². The maximum atomic E-state index is 14.5. The number of fused-ring (bicyclic) bond motifs is 1.